The second-order valence-electron chi connectivity index (χ2n) is 5.18. The number of amides is 1. The van der Waals surface area contributed by atoms with Crippen LogP contribution in [0.3, 0.4) is 0 Å². The molecular weight excluding hydrogens is 328 g/mol. The van der Waals surface area contributed by atoms with Crippen LogP contribution in [0.25, 0.3) is 10.1 Å². The van der Waals surface area contributed by atoms with Gasteiger partial charge in [-0.2, -0.15) is 0 Å². The molecule has 120 valence electrons. The van der Waals surface area contributed by atoms with Crippen LogP contribution in [0.5, 0.6) is 0 Å². The van der Waals surface area contributed by atoms with Gasteiger partial charge in [0.15, 0.2) is 5.78 Å². The van der Waals surface area contributed by atoms with Gasteiger partial charge in [-0.3, -0.25) is 19.7 Å². The molecule has 3 rings (SSSR count). The summed E-state index contributed by atoms with van der Waals surface area (Å²) < 4.78 is 0.795. The SMILES string of the molecule is CC(=O)c1cccc(NC(=O)c2cc3cc([N+](=O)[O-])ccc3s2)c1. The maximum Gasteiger partial charge on any atom is 0.270 e. The number of hydrogen-bond donors (Lipinski definition) is 1. The first-order chi connectivity index (χ1) is 11.4. The first-order valence-electron chi connectivity index (χ1n) is 7.04. The lowest BCUT2D eigenvalue weighted by Crippen LogP contribution is -2.10. The fourth-order valence-corrected chi connectivity index (χ4v) is 3.20. The zero-order chi connectivity index (χ0) is 17.3. The fourth-order valence-electron chi connectivity index (χ4n) is 2.26. The molecule has 6 nitrogen and oxygen atoms in total. The van der Waals surface area contributed by atoms with Gasteiger partial charge in [-0.15, -0.1) is 11.3 Å². The second-order valence-corrected chi connectivity index (χ2v) is 6.26. The van der Waals surface area contributed by atoms with E-state index < -0.39 is 4.92 Å². The van der Waals surface area contributed by atoms with Crippen molar-refractivity contribution in [2.24, 2.45) is 0 Å². The average molecular weight is 340 g/mol. The largest absolute Gasteiger partial charge is 0.321 e. The summed E-state index contributed by atoms with van der Waals surface area (Å²) in [4.78, 5) is 34.5. The Hall–Kier alpha value is -3.06. The number of rotatable bonds is 4. The fraction of sp³-hybridized carbons (Fsp3) is 0.0588. The Morgan fingerprint density at radius 1 is 1.12 bits per heavy atom. The molecule has 1 N–H and O–H groups in total. The van der Waals surface area contributed by atoms with E-state index in [1.54, 1.807) is 36.4 Å². The summed E-state index contributed by atoms with van der Waals surface area (Å²) in [7, 11) is 0. The van der Waals surface area contributed by atoms with Crippen molar-refractivity contribution in [1.82, 2.24) is 0 Å². The summed E-state index contributed by atoms with van der Waals surface area (Å²) in [5.74, 6) is -0.403. The summed E-state index contributed by atoms with van der Waals surface area (Å²) in [5, 5.41) is 14.2. The molecule has 0 fully saturated rings. The summed E-state index contributed by atoms with van der Waals surface area (Å²) in [5.41, 5.74) is 1.03. The minimum absolute atomic E-state index is 0.0126. The zero-order valence-electron chi connectivity index (χ0n) is 12.6. The summed E-state index contributed by atoms with van der Waals surface area (Å²) in [6.45, 7) is 1.46. The molecule has 24 heavy (non-hydrogen) atoms. The Balaban J connectivity index is 1.87. The first-order valence-corrected chi connectivity index (χ1v) is 7.86. The van der Waals surface area contributed by atoms with Crippen LogP contribution in [0, 0.1) is 10.1 Å². The number of carbonyl (C=O) groups is 2. The van der Waals surface area contributed by atoms with Crippen LogP contribution in [0.15, 0.2) is 48.5 Å². The molecular formula is C17H12N2O4S. The Kier molecular flexibility index (Phi) is 4.09. The van der Waals surface area contributed by atoms with E-state index in [9.17, 15) is 19.7 Å². The second kappa shape index (κ2) is 6.21. The van der Waals surface area contributed by atoms with Gasteiger partial charge in [0.25, 0.3) is 11.6 Å². The molecule has 1 amide bonds. The lowest BCUT2D eigenvalue weighted by atomic mass is 10.1. The maximum atomic E-state index is 12.4. The van der Waals surface area contributed by atoms with Gasteiger partial charge >= 0.3 is 0 Å². The summed E-state index contributed by atoms with van der Waals surface area (Å²) in [6.07, 6.45) is 0. The number of fused-ring (bicyclic) bond motifs is 1. The van der Waals surface area contributed by atoms with Gasteiger partial charge in [0, 0.05) is 33.5 Å². The molecule has 0 spiro atoms. The predicted molar refractivity (Wildman–Crippen MR) is 92.9 cm³/mol. The lowest BCUT2D eigenvalue weighted by Gasteiger charge is -2.04. The van der Waals surface area contributed by atoms with E-state index in [1.807, 2.05) is 0 Å². The minimum atomic E-state index is -0.468. The van der Waals surface area contributed by atoms with E-state index in [-0.39, 0.29) is 17.4 Å². The highest BCUT2D eigenvalue weighted by Gasteiger charge is 2.14. The van der Waals surface area contributed by atoms with Gasteiger partial charge < -0.3 is 5.32 Å². The van der Waals surface area contributed by atoms with Gasteiger partial charge in [-0.05, 0) is 31.2 Å². The Labute approximate surface area is 140 Å². The Morgan fingerprint density at radius 3 is 2.62 bits per heavy atom. The number of nitrogens with one attached hydrogen (secondary N) is 1. The van der Waals surface area contributed by atoms with E-state index in [2.05, 4.69) is 5.32 Å². The molecule has 0 aliphatic heterocycles. The highest BCUT2D eigenvalue weighted by atomic mass is 32.1. The van der Waals surface area contributed by atoms with Crippen LogP contribution in [0.2, 0.25) is 0 Å². The highest BCUT2D eigenvalue weighted by molar-refractivity contribution is 7.20. The molecule has 0 radical (unpaired) electrons. The van der Waals surface area contributed by atoms with Crippen molar-refractivity contribution < 1.29 is 14.5 Å². The van der Waals surface area contributed by atoms with E-state index in [0.29, 0.717) is 21.5 Å². The topological polar surface area (TPSA) is 89.3 Å². The predicted octanol–water partition coefficient (Wildman–Crippen LogP) is 4.26. The smallest absolute Gasteiger partial charge is 0.270 e. The number of nitro benzene ring substituents is 1. The molecule has 2 aromatic carbocycles. The zero-order valence-corrected chi connectivity index (χ0v) is 13.4. The van der Waals surface area contributed by atoms with Crippen molar-refractivity contribution in [1.29, 1.82) is 0 Å². The van der Waals surface area contributed by atoms with Crippen molar-refractivity contribution in [3.05, 3.63) is 69.1 Å². The van der Waals surface area contributed by atoms with Crippen LogP contribution in [-0.2, 0) is 0 Å². The summed E-state index contributed by atoms with van der Waals surface area (Å²) in [6, 6.07) is 12.8. The van der Waals surface area contributed by atoms with Crippen molar-refractivity contribution >= 4 is 44.5 Å². The summed E-state index contributed by atoms with van der Waals surface area (Å²) >= 11 is 1.25. The molecule has 0 atom stereocenters. The molecule has 1 aromatic heterocycles. The van der Waals surface area contributed by atoms with Crippen LogP contribution in [-0.4, -0.2) is 16.6 Å². The number of carbonyl (C=O) groups excluding carboxylic acids is 2. The standard InChI is InChI=1S/C17H12N2O4S/c1-10(20)11-3-2-4-13(7-11)18-17(21)16-9-12-8-14(19(22)23)5-6-15(12)24-16/h2-9H,1H3,(H,18,21). The molecule has 0 aliphatic carbocycles. The maximum absolute atomic E-state index is 12.4. The molecule has 3 aromatic rings. The number of nitrogens with zero attached hydrogens (tertiary/aromatic N) is 1. The van der Waals surface area contributed by atoms with Gasteiger partial charge in [-0.1, -0.05) is 12.1 Å². The number of hydrogen-bond acceptors (Lipinski definition) is 5. The van der Waals surface area contributed by atoms with Crippen molar-refractivity contribution in [3.63, 3.8) is 0 Å². The van der Waals surface area contributed by atoms with E-state index in [1.165, 1.54) is 30.4 Å². The lowest BCUT2D eigenvalue weighted by molar-refractivity contribution is -0.384. The van der Waals surface area contributed by atoms with Crippen molar-refractivity contribution in [3.8, 4) is 0 Å². The number of ketones is 1. The number of anilines is 1. The van der Waals surface area contributed by atoms with Crippen LogP contribution in [0.4, 0.5) is 11.4 Å². The molecule has 0 unspecified atom stereocenters. The Bertz CT molecular complexity index is 978. The van der Waals surface area contributed by atoms with Crippen molar-refractivity contribution in [2.75, 3.05) is 5.32 Å². The third-order valence-corrected chi connectivity index (χ3v) is 4.58. The number of benzene rings is 2. The minimum Gasteiger partial charge on any atom is -0.321 e. The molecule has 1 heterocycles. The monoisotopic (exact) mass is 340 g/mol. The molecule has 7 heteroatoms. The van der Waals surface area contributed by atoms with E-state index in [4.69, 9.17) is 0 Å². The molecule has 0 saturated heterocycles. The number of thiophene rings is 1. The first kappa shape index (κ1) is 15.8. The highest BCUT2D eigenvalue weighted by Crippen LogP contribution is 2.29. The van der Waals surface area contributed by atoms with Gasteiger partial charge in [-0.25, -0.2) is 0 Å². The van der Waals surface area contributed by atoms with E-state index in [0.717, 1.165) is 4.70 Å². The van der Waals surface area contributed by atoms with Crippen LogP contribution >= 0.6 is 11.3 Å². The quantitative estimate of drug-likeness (QED) is 0.436. The third-order valence-electron chi connectivity index (χ3n) is 3.46. The van der Waals surface area contributed by atoms with Gasteiger partial charge in [0.05, 0.1) is 9.80 Å². The Morgan fingerprint density at radius 2 is 1.92 bits per heavy atom. The molecule has 0 saturated carbocycles. The average Bonchev–Trinajstić information content (AvgIpc) is 2.98. The normalized spacial score (nSPS) is 10.5. The molecule has 0 aliphatic rings. The number of Topliss-reactive ketones (excluding diaryl/α,β-unsaturated/α-hetero) is 1. The van der Waals surface area contributed by atoms with Gasteiger partial charge in [0.1, 0.15) is 0 Å². The number of non-ortho nitro benzene ring substituents is 1. The third kappa shape index (κ3) is 3.16. The number of nitro groups is 1. The molecule has 0 bridgehead atoms. The van der Waals surface area contributed by atoms with Crippen LogP contribution in [0.1, 0.15) is 27.0 Å². The van der Waals surface area contributed by atoms with Crippen LogP contribution < -0.4 is 5.32 Å². The van der Waals surface area contributed by atoms with E-state index >= 15 is 0 Å². The van der Waals surface area contributed by atoms with Gasteiger partial charge in [0.2, 0.25) is 0 Å². The van der Waals surface area contributed by atoms with Crippen molar-refractivity contribution in [2.45, 2.75) is 6.92 Å².